The van der Waals surface area contributed by atoms with Crippen molar-refractivity contribution in [3.63, 3.8) is 0 Å². The van der Waals surface area contributed by atoms with Crippen LogP contribution >= 0.6 is 11.3 Å². The number of methoxy groups -OCH3 is 1. The van der Waals surface area contributed by atoms with Crippen LogP contribution < -0.4 is 10.1 Å². The van der Waals surface area contributed by atoms with Crippen molar-refractivity contribution in [3.8, 4) is 5.75 Å². The summed E-state index contributed by atoms with van der Waals surface area (Å²) in [7, 11) is 1.60. The molecular formula is C18H23N3O2S. The van der Waals surface area contributed by atoms with Gasteiger partial charge in [0.15, 0.2) is 0 Å². The molecule has 1 aromatic carbocycles. The fourth-order valence-corrected chi connectivity index (χ4v) is 3.84. The zero-order valence-corrected chi connectivity index (χ0v) is 14.9. The Kier molecular flexibility index (Phi) is 5.48. The number of amides is 1. The summed E-state index contributed by atoms with van der Waals surface area (Å²) >= 11 is 1.61. The van der Waals surface area contributed by atoms with Crippen LogP contribution in [0.3, 0.4) is 0 Å². The topological polar surface area (TPSA) is 54.5 Å². The third-order valence-electron chi connectivity index (χ3n) is 4.44. The van der Waals surface area contributed by atoms with Crippen LogP contribution in [0, 0.1) is 12.8 Å². The average Bonchev–Trinajstić information content (AvgIpc) is 3.26. The molecule has 1 N–H and O–H groups in total. The minimum absolute atomic E-state index is 0.0205. The largest absolute Gasteiger partial charge is 0.496 e. The Morgan fingerprint density at radius 1 is 1.46 bits per heavy atom. The SMILES string of the molecule is COc1ccccc1C(=O)N(Cc1scnc1C)C[C@@H]1CCNC1. The van der Waals surface area contributed by atoms with Gasteiger partial charge in [0.1, 0.15) is 5.75 Å². The predicted octanol–water partition coefficient (Wildman–Crippen LogP) is 2.71. The molecule has 1 fully saturated rings. The van der Waals surface area contributed by atoms with Gasteiger partial charge in [0.05, 0.1) is 30.4 Å². The van der Waals surface area contributed by atoms with Crippen LogP contribution in [0.4, 0.5) is 0 Å². The minimum atomic E-state index is 0.0205. The summed E-state index contributed by atoms with van der Waals surface area (Å²) in [5, 5.41) is 3.38. The summed E-state index contributed by atoms with van der Waals surface area (Å²) in [6.07, 6.45) is 1.11. The van der Waals surface area contributed by atoms with Gasteiger partial charge < -0.3 is 15.0 Å². The van der Waals surface area contributed by atoms with Crippen molar-refractivity contribution < 1.29 is 9.53 Å². The summed E-state index contributed by atoms with van der Waals surface area (Å²) in [6.45, 7) is 5.35. The molecule has 1 saturated heterocycles. The first-order valence-corrected chi connectivity index (χ1v) is 9.09. The number of thiazole rings is 1. The van der Waals surface area contributed by atoms with Crippen molar-refractivity contribution in [3.05, 3.63) is 45.9 Å². The molecule has 0 aliphatic carbocycles. The van der Waals surface area contributed by atoms with E-state index in [0.717, 1.165) is 36.6 Å². The Balaban J connectivity index is 1.84. The second-order valence-corrected chi connectivity index (χ2v) is 7.05. The molecule has 128 valence electrons. The van der Waals surface area contributed by atoms with E-state index >= 15 is 0 Å². The van der Waals surface area contributed by atoms with E-state index in [1.807, 2.05) is 41.6 Å². The maximum absolute atomic E-state index is 13.2. The first-order chi connectivity index (χ1) is 11.7. The predicted molar refractivity (Wildman–Crippen MR) is 95.6 cm³/mol. The fraction of sp³-hybridized carbons (Fsp3) is 0.444. The zero-order chi connectivity index (χ0) is 16.9. The van der Waals surface area contributed by atoms with E-state index in [9.17, 15) is 4.79 Å². The number of carbonyl (C=O) groups excluding carboxylic acids is 1. The molecule has 1 amide bonds. The van der Waals surface area contributed by atoms with Crippen LogP contribution in [0.5, 0.6) is 5.75 Å². The highest BCUT2D eigenvalue weighted by Gasteiger charge is 2.25. The molecule has 2 heterocycles. The fourth-order valence-electron chi connectivity index (χ4n) is 3.04. The second-order valence-electron chi connectivity index (χ2n) is 6.11. The van der Waals surface area contributed by atoms with Crippen molar-refractivity contribution >= 4 is 17.2 Å². The second kappa shape index (κ2) is 7.77. The van der Waals surface area contributed by atoms with Crippen molar-refractivity contribution in [1.82, 2.24) is 15.2 Å². The maximum Gasteiger partial charge on any atom is 0.257 e. The van der Waals surface area contributed by atoms with E-state index in [1.54, 1.807) is 18.4 Å². The van der Waals surface area contributed by atoms with E-state index < -0.39 is 0 Å². The highest BCUT2D eigenvalue weighted by atomic mass is 32.1. The number of ether oxygens (including phenoxy) is 1. The van der Waals surface area contributed by atoms with Gasteiger partial charge in [-0.05, 0) is 44.5 Å². The van der Waals surface area contributed by atoms with Crippen molar-refractivity contribution in [2.45, 2.75) is 19.9 Å². The molecule has 0 radical (unpaired) electrons. The average molecular weight is 345 g/mol. The summed E-state index contributed by atoms with van der Waals surface area (Å²) in [4.78, 5) is 20.6. The molecule has 3 rings (SSSR count). The smallest absolute Gasteiger partial charge is 0.257 e. The maximum atomic E-state index is 13.2. The molecular weight excluding hydrogens is 322 g/mol. The third-order valence-corrected chi connectivity index (χ3v) is 5.36. The molecule has 2 aromatic rings. The van der Waals surface area contributed by atoms with Crippen molar-refractivity contribution in [2.75, 3.05) is 26.7 Å². The quantitative estimate of drug-likeness (QED) is 0.875. The van der Waals surface area contributed by atoms with Gasteiger partial charge in [0.2, 0.25) is 0 Å². The highest BCUT2D eigenvalue weighted by Crippen LogP contribution is 2.24. The monoisotopic (exact) mass is 345 g/mol. The lowest BCUT2D eigenvalue weighted by Crippen LogP contribution is -2.35. The molecule has 5 nitrogen and oxygen atoms in total. The number of hydrogen-bond donors (Lipinski definition) is 1. The first kappa shape index (κ1) is 16.9. The molecule has 0 spiro atoms. The van der Waals surface area contributed by atoms with E-state index in [2.05, 4.69) is 10.3 Å². The number of benzene rings is 1. The molecule has 0 saturated carbocycles. The van der Waals surface area contributed by atoms with Gasteiger partial charge in [-0.2, -0.15) is 0 Å². The number of aromatic nitrogens is 1. The number of hydrogen-bond acceptors (Lipinski definition) is 5. The molecule has 24 heavy (non-hydrogen) atoms. The van der Waals surface area contributed by atoms with Gasteiger partial charge in [-0.3, -0.25) is 4.79 Å². The Morgan fingerprint density at radius 2 is 2.29 bits per heavy atom. The van der Waals surface area contributed by atoms with E-state index in [1.165, 1.54) is 0 Å². The molecule has 0 unspecified atom stereocenters. The van der Waals surface area contributed by atoms with Gasteiger partial charge in [-0.15, -0.1) is 11.3 Å². The van der Waals surface area contributed by atoms with E-state index in [-0.39, 0.29) is 5.91 Å². The molecule has 1 aromatic heterocycles. The lowest BCUT2D eigenvalue weighted by Gasteiger charge is -2.26. The third kappa shape index (κ3) is 3.76. The number of nitrogens with one attached hydrogen (secondary N) is 1. The summed E-state index contributed by atoms with van der Waals surface area (Å²) in [6, 6.07) is 7.43. The summed E-state index contributed by atoms with van der Waals surface area (Å²) in [5.41, 5.74) is 3.46. The molecule has 6 heteroatoms. The van der Waals surface area contributed by atoms with Crippen LogP contribution in [0.1, 0.15) is 27.3 Å². The summed E-state index contributed by atoms with van der Waals surface area (Å²) < 4.78 is 5.38. The standard InChI is InChI=1S/C18H23N3O2S/c1-13-17(24-12-20-13)11-21(10-14-7-8-19-9-14)18(22)15-5-3-4-6-16(15)23-2/h3-6,12,14,19H,7-11H2,1-2H3/t14-/m1/s1. The van der Waals surface area contributed by atoms with Crippen LogP contribution in [-0.2, 0) is 6.54 Å². The highest BCUT2D eigenvalue weighted by molar-refractivity contribution is 7.09. The number of para-hydroxylation sites is 1. The van der Waals surface area contributed by atoms with Crippen LogP contribution in [0.15, 0.2) is 29.8 Å². The number of aryl methyl sites for hydroxylation is 1. The molecule has 1 atom stereocenters. The van der Waals surface area contributed by atoms with E-state index in [0.29, 0.717) is 23.8 Å². The van der Waals surface area contributed by atoms with Crippen LogP contribution in [0.25, 0.3) is 0 Å². The Morgan fingerprint density at radius 3 is 2.96 bits per heavy atom. The van der Waals surface area contributed by atoms with Crippen LogP contribution in [0.2, 0.25) is 0 Å². The van der Waals surface area contributed by atoms with Crippen molar-refractivity contribution in [2.24, 2.45) is 5.92 Å². The Labute approximate surface area is 146 Å². The normalized spacial score (nSPS) is 17.0. The van der Waals surface area contributed by atoms with Gasteiger partial charge in [0, 0.05) is 11.4 Å². The van der Waals surface area contributed by atoms with Crippen LogP contribution in [-0.4, -0.2) is 42.5 Å². The molecule has 0 bridgehead atoms. The summed E-state index contributed by atoms with van der Waals surface area (Å²) in [5.74, 6) is 1.14. The lowest BCUT2D eigenvalue weighted by atomic mass is 10.1. The lowest BCUT2D eigenvalue weighted by molar-refractivity contribution is 0.0717. The first-order valence-electron chi connectivity index (χ1n) is 8.21. The number of nitrogens with zero attached hydrogens (tertiary/aromatic N) is 2. The van der Waals surface area contributed by atoms with Gasteiger partial charge in [-0.1, -0.05) is 12.1 Å². The van der Waals surface area contributed by atoms with Crippen molar-refractivity contribution in [1.29, 1.82) is 0 Å². The number of rotatable bonds is 6. The zero-order valence-electron chi connectivity index (χ0n) is 14.1. The van der Waals surface area contributed by atoms with Gasteiger partial charge in [-0.25, -0.2) is 4.98 Å². The Hall–Kier alpha value is -1.92. The molecule has 1 aliphatic heterocycles. The molecule has 1 aliphatic rings. The number of carbonyl (C=O) groups is 1. The minimum Gasteiger partial charge on any atom is -0.496 e. The van der Waals surface area contributed by atoms with Gasteiger partial charge in [0.25, 0.3) is 5.91 Å². The van der Waals surface area contributed by atoms with E-state index in [4.69, 9.17) is 4.74 Å². The van der Waals surface area contributed by atoms with Gasteiger partial charge >= 0.3 is 0 Å². The Bertz CT molecular complexity index is 695.